The van der Waals surface area contributed by atoms with Gasteiger partial charge in [-0.15, -0.1) is 0 Å². The van der Waals surface area contributed by atoms with Crippen LogP contribution in [0.2, 0.25) is 0 Å². The van der Waals surface area contributed by atoms with Gasteiger partial charge in [-0.05, 0) is 24.1 Å². The zero-order valence-electron chi connectivity index (χ0n) is 17.7. The third-order valence-electron chi connectivity index (χ3n) is 5.53. The molecule has 0 atom stereocenters. The number of non-ortho nitro benzene ring substituents is 1. The van der Waals surface area contributed by atoms with Crippen LogP contribution in [0.4, 0.5) is 16.2 Å². The van der Waals surface area contributed by atoms with E-state index < -0.39 is 22.8 Å². The largest absolute Gasteiger partial charge is 0.378 e. The van der Waals surface area contributed by atoms with E-state index in [0.717, 1.165) is 10.5 Å². The summed E-state index contributed by atoms with van der Waals surface area (Å²) >= 11 is 0. The molecule has 0 aromatic heterocycles. The lowest BCUT2D eigenvalue weighted by atomic mass is 10.0. The van der Waals surface area contributed by atoms with Crippen molar-refractivity contribution in [2.75, 3.05) is 37.7 Å². The monoisotopic (exact) mass is 450 g/mol. The second-order valence-electron chi connectivity index (χ2n) is 7.61. The van der Waals surface area contributed by atoms with Gasteiger partial charge < -0.3 is 9.64 Å². The van der Waals surface area contributed by atoms with Crippen molar-refractivity contribution in [3.8, 4) is 0 Å². The third-order valence-corrected chi connectivity index (χ3v) is 5.53. The van der Waals surface area contributed by atoms with Gasteiger partial charge in [-0.3, -0.25) is 29.9 Å². The molecule has 4 amide bonds. The van der Waals surface area contributed by atoms with Gasteiger partial charge in [0.2, 0.25) is 0 Å². The number of ether oxygens (including phenoxy) is 1. The number of morpholine rings is 1. The third kappa shape index (κ3) is 4.90. The van der Waals surface area contributed by atoms with Gasteiger partial charge in [0.25, 0.3) is 17.5 Å². The second kappa shape index (κ2) is 9.61. The molecule has 0 unspecified atom stereocenters. The summed E-state index contributed by atoms with van der Waals surface area (Å²) in [5, 5.41) is 13.5. The Kier molecular flexibility index (Phi) is 6.45. The van der Waals surface area contributed by atoms with E-state index in [1.807, 2.05) is 35.2 Å². The van der Waals surface area contributed by atoms with Gasteiger partial charge in [0.1, 0.15) is 5.57 Å². The van der Waals surface area contributed by atoms with Crippen LogP contribution in [0.1, 0.15) is 11.1 Å². The van der Waals surface area contributed by atoms with Crippen LogP contribution in [0, 0.1) is 10.1 Å². The Bertz CT molecular complexity index is 1130. The van der Waals surface area contributed by atoms with Crippen LogP contribution < -0.4 is 10.2 Å². The number of nitrogens with one attached hydrogen (secondary N) is 1. The summed E-state index contributed by atoms with van der Waals surface area (Å²) in [4.78, 5) is 51.7. The minimum Gasteiger partial charge on any atom is -0.378 e. The highest BCUT2D eigenvalue weighted by molar-refractivity contribution is 6.31. The maximum absolute atomic E-state index is 13.1. The highest BCUT2D eigenvalue weighted by atomic mass is 16.6. The molecule has 4 rings (SSSR count). The van der Waals surface area contributed by atoms with Crippen LogP contribution in [0.5, 0.6) is 0 Å². The van der Waals surface area contributed by atoms with Gasteiger partial charge in [0.05, 0.1) is 18.1 Å². The number of urea groups is 1. The highest BCUT2D eigenvalue weighted by Crippen LogP contribution is 2.29. The first-order valence-corrected chi connectivity index (χ1v) is 10.5. The molecule has 2 aliphatic heterocycles. The van der Waals surface area contributed by atoms with Crippen molar-refractivity contribution in [2.45, 2.75) is 6.42 Å². The molecule has 0 saturated carbocycles. The van der Waals surface area contributed by atoms with Gasteiger partial charge in [-0.1, -0.05) is 30.3 Å². The predicted molar refractivity (Wildman–Crippen MR) is 120 cm³/mol. The average molecular weight is 450 g/mol. The molecule has 2 heterocycles. The number of amides is 4. The molecule has 0 spiro atoms. The number of rotatable bonds is 6. The van der Waals surface area contributed by atoms with Crippen molar-refractivity contribution >= 4 is 35.3 Å². The number of hydrogen-bond acceptors (Lipinski definition) is 7. The standard InChI is InChI=1S/C23H22N4O6/c28-21-19(22(29)26(23(30)24-21)9-8-16-4-2-1-3-5-16)15-17-14-18(27(31)32)6-7-20(17)25-10-12-33-13-11-25/h1-7,14-15H,8-13H2,(H,24,28,30)/b19-15-. The summed E-state index contributed by atoms with van der Waals surface area (Å²) in [7, 11) is 0. The van der Waals surface area contributed by atoms with Crippen LogP contribution >= 0.6 is 0 Å². The fourth-order valence-electron chi connectivity index (χ4n) is 3.80. The molecule has 2 aliphatic rings. The molecule has 2 aromatic rings. The summed E-state index contributed by atoms with van der Waals surface area (Å²) in [5.41, 5.74) is 1.51. The van der Waals surface area contributed by atoms with Crippen molar-refractivity contribution in [1.29, 1.82) is 0 Å². The maximum atomic E-state index is 13.1. The quantitative estimate of drug-likeness (QED) is 0.310. The Morgan fingerprint density at radius 2 is 1.79 bits per heavy atom. The number of nitro groups is 1. The molecule has 0 radical (unpaired) electrons. The summed E-state index contributed by atoms with van der Waals surface area (Å²) in [6, 6.07) is 12.9. The molecule has 33 heavy (non-hydrogen) atoms. The molecular formula is C23H22N4O6. The van der Waals surface area contributed by atoms with E-state index in [-0.39, 0.29) is 17.8 Å². The lowest BCUT2D eigenvalue weighted by Gasteiger charge is -2.30. The van der Waals surface area contributed by atoms with Crippen molar-refractivity contribution in [1.82, 2.24) is 10.2 Å². The van der Waals surface area contributed by atoms with E-state index in [9.17, 15) is 24.5 Å². The lowest BCUT2D eigenvalue weighted by molar-refractivity contribution is -0.384. The van der Waals surface area contributed by atoms with Crippen LogP contribution in [0.15, 0.2) is 54.1 Å². The van der Waals surface area contributed by atoms with E-state index in [1.165, 1.54) is 18.2 Å². The van der Waals surface area contributed by atoms with Crippen LogP contribution in [-0.2, 0) is 20.7 Å². The van der Waals surface area contributed by atoms with Crippen molar-refractivity contribution in [2.24, 2.45) is 0 Å². The van der Waals surface area contributed by atoms with Gasteiger partial charge in [-0.2, -0.15) is 0 Å². The average Bonchev–Trinajstić information content (AvgIpc) is 2.82. The van der Waals surface area contributed by atoms with E-state index in [1.54, 1.807) is 6.07 Å². The second-order valence-corrected chi connectivity index (χ2v) is 7.61. The molecule has 1 N–H and O–H groups in total. The van der Waals surface area contributed by atoms with Crippen molar-refractivity contribution in [3.63, 3.8) is 0 Å². The summed E-state index contributed by atoms with van der Waals surface area (Å²) < 4.78 is 5.37. The molecular weight excluding hydrogens is 428 g/mol. The summed E-state index contributed by atoms with van der Waals surface area (Å²) in [5.74, 6) is -1.57. The molecule has 0 bridgehead atoms. The number of anilines is 1. The number of nitrogens with zero attached hydrogens (tertiary/aromatic N) is 3. The first kappa shape index (κ1) is 22.2. The van der Waals surface area contributed by atoms with E-state index in [2.05, 4.69) is 5.32 Å². The van der Waals surface area contributed by atoms with E-state index >= 15 is 0 Å². The fourth-order valence-corrected chi connectivity index (χ4v) is 3.80. The normalized spacial score (nSPS) is 17.9. The predicted octanol–water partition coefficient (Wildman–Crippen LogP) is 2.14. The SMILES string of the molecule is O=C1NC(=O)N(CCc2ccccc2)C(=O)/C1=C\c1cc([N+](=O)[O-])ccc1N1CCOCC1. The first-order valence-electron chi connectivity index (χ1n) is 10.5. The topological polar surface area (TPSA) is 122 Å². The van der Waals surface area contributed by atoms with Gasteiger partial charge in [0.15, 0.2) is 0 Å². The van der Waals surface area contributed by atoms with Crippen molar-refractivity contribution in [3.05, 3.63) is 75.3 Å². The first-order chi connectivity index (χ1) is 15.9. The van der Waals surface area contributed by atoms with Gasteiger partial charge in [0, 0.05) is 43.0 Å². The smallest absolute Gasteiger partial charge is 0.331 e. The Labute approximate surface area is 189 Å². The van der Waals surface area contributed by atoms with Gasteiger partial charge in [-0.25, -0.2) is 4.79 Å². The fraction of sp³-hybridized carbons (Fsp3) is 0.261. The van der Waals surface area contributed by atoms with Crippen LogP contribution in [-0.4, -0.2) is 60.5 Å². The zero-order chi connectivity index (χ0) is 23.4. The lowest BCUT2D eigenvalue weighted by Crippen LogP contribution is -2.54. The molecule has 2 saturated heterocycles. The Morgan fingerprint density at radius 3 is 2.48 bits per heavy atom. The Morgan fingerprint density at radius 1 is 1.06 bits per heavy atom. The minimum atomic E-state index is -0.833. The molecule has 2 aromatic carbocycles. The van der Waals surface area contributed by atoms with E-state index in [0.29, 0.717) is 44.0 Å². The van der Waals surface area contributed by atoms with E-state index in [4.69, 9.17) is 4.74 Å². The maximum Gasteiger partial charge on any atom is 0.331 e. The summed E-state index contributed by atoms with van der Waals surface area (Å²) in [6.45, 7) is 2.21. The number of carbonyl (C=O) groups excluding carboxylic acids is 3. The zero-order valence-corrected chi connectivity index (χ0v) is 17.7. The summed E-state index contributed by atoms with van der Waals surface area (Å²) in [6.07, 6.45) is 1.74. The highest BCUT2D eigenvalue weighted by Gasteiger charge is 2.35. The number of carbonyl (C=O) groups is 3. The molecule has 170 valence electrons. The minimum absolute atomic E-state index is 0.0879. The van der Waals surface area contributed by atoms with Crippen LogP contribution in [0.3, 0.4) is 0 Å². The number of imide groups is 2. The van der Waals surface area contributed by atoms with Crippen LogP contribution in [0.25, 0.3) is 6.08 Å². The molecule has 10 heteroatoms. The molecule has 0 aliphatic carbocycles. The Hall–Kier alpha value is -4.05. The van der Waals surface area contributed by atoms with Crippen molar-refractivity contribution < 1.29 is 24.0 Å². The number of hydrogen-bond donors (Lipinski definition) is 1. The number of barbiturate groups is 1. The molecule has 10 nitrogen and oxygen atoms in total. The van der Waals surface area contributed by atoms with Gasteiger partial charge >= 0.3 is 6.03 Å². The number of nitro benzene ring substituents is 1. The molecule has 2 fully saturated rings. The Balaban J connectivity index is 1.66. The number of benzene rings is 2.